The van der Waals surface area contributed by atoms with E-state index >= 15 is 0 Å². The Labute approximate surface area is 143 Å². The zero-order chi connectivity index (χ0) is 18.4. The first-order valence-corrected chi connectivity index (χ1v) is 7.27. The minimum Gasteiger partial charge on any atom is -0.507 e. The first kappa shape index (κ1) is 17.9. The fourth-order valence-corrected chi connectivity index (χ4v) is 2.17. The number of esters is 1. The molecule has 0 aliphatic rings. The van der Waals surface area contributed by atoms with Crippen molar-refractivity contribution in [2.45, 2.75) is 12.5 Å². The van der Waals surface area contributed by atoms with Crippen molar-refractivity contribution in [2.75, 3.05) is 7.11 Å². The Morgan fingerprint density at radius 1 is 1.28 bits per heavy atom. The second kappa shape index (κ2) is 7.91. The van der Waals surface area contributed by atoms with E-state index in [0.29, 0.717) is 11.1 Å². The van der Waals surface area contributed by atoms with Gasteiger partial charge in [-0.15, -0.1) is 0 Å². The maximum atomic E-state index is 11.9. The van der Waals surface area contributed by atoms with Crippen LogP contribution in [0, 0.1) is 10.1 Å². The van der Waals surface area contributed by atoms with Crippen LogP contribution in [0.25, 0.3) is 0 Å². The van der Waals surface area contributed by atoms with Gasteiger partial charge >= 0.3 is 11.7 Å². The first-order chi connectivity index (χ1) is 11.9. The fourth-order valence-electron chi connectivity index (χ4n) is 2.17. The predicted molar refractivity (Wildman–Crippen MR) is 90.0 cm³/mol. The number of phenolic OH excluding ortho intramolecular Hbond substituents is 2. The van der Waals surface area contributed by atoms with Crippen LogP contribution >= 0.6 is 0 Å². The van der Waals surface area contributed by atoms with Crippen LogP contribution in [0.5, 0.6) is 11.5 Å². The molecule has 0 amide bonds. The molecule has 2 rings (SSSR count). The Morgan fingerprint density at radius 2 is 2.00 bits per heavy atom. The van der Waals surface area contributed by atoms with Crippen LogP contribution in [0.3, 0.4) is 0 Å². The molecule has 130 valence electrons. The van der Waals surface area contributed by atoms with Gasteiger partial charge in [-0.1, -0.05) is 18.2 Å². The lowest BCUT2D eigenvalue weighted by molar-refractivity contribution is -0.385. The van der Waals surface area contributed by atoms with E-state index in [0.717, 1.165) is 0 Å². The largest absolute Gasteiger partial charge is 0.507 e. The molecule has 0 saturated carbocycles. The number of para-hydroxylation sites is 1. The number of hydrogen-bond acceptors (Lipinski definition) is 7. The molecule has 0 saturated heterocycles. The molecule has 0 spiro atoms. The van der Waals surface area contributed by atoms with Crippen molar-refractivity contribution in [1.29, 1.82) is 0 Å². The van der Waals surface area contributed by atoms with Gasteiger partial charge in [-0.2, -0.15) is 0 Å². The molecule has 0 fully saturated rings. The molecule has 0 aromatic heterocycles. The summed E-state index contributed by atoms with van der Waals surface area (Å²) < 4.78 is 4.71. The Hall–Kier alpha value is -3.42. The molecule has 25 heavy (non-hydrogen) atoms. The van der Waals surface area contributed by atoms with Crippen molar-refractivity contribution in [3.05, 3.63) is 63.7 Å². The van der Waals surface area contributed by atoms with E-state index in [-0.39, 0.29) is 12.2 Å². The number of methoxy groups -OCH3 is 1. The second-order valence-corrected chi connectivity index (χ2v) is 5.16. The number of hydrogen-bond donors (Lipinski definition) is 2. The summed E-state index contributed by atoms with van der Waals surface area (Å²) in [5.41, 5.74) is 0.410. The van der Waals surface area contributed by atoms with Crippen LogP contribution in [0.2, 0.25) is 0 Å². The Morgan fingerprint density at radius 3 is 2.64 bits per heavy atom. The number of nitro benzene ring substituents is 1. The van der Waals surface area contributed by atoms with Gasteiger partial charge in [0.05, 0.1) is 12.0 Å². The topological polar surface area (TPSA) is 122 Å². The second-order valence-electron chi connectivity index (χ2n) is 5.16. The molecule has 0 aliphatic carbocycles. The van der Waals surface area contributed by atoms with E-state index < -0.39 is 28.4 Å². The molecule has 0 bridgehead atoms. The van der Waals surface area contributed by atoms with E-state index in [1.807, 2.05) is 0 Å². The van der Waals surface area contributed by atoms with E-state index in [2.05, 4.69) is 4.99 Å². The SMILES string of the molecule is COC(=O)[C@H](Cc1ccc(O)c([N+](=O)[O-])c1)N=Cc1ccccc1O. The predicted octanol–water partition coefficient (Wildman–Crippen LogP) is 2.21. The fraction of sp³-hybridized carbons (Fsp3) is 0.176. The average molecular weight is 344 g/mol. The molecule has 0 aliphatic heterocycles. The highest BCUT2D eigenvalue weighted by molar-refractivity contribution is 5.86. The molecule has 8 nitrogen and oxygen atoms in total. The third-order valence-electron chi connectivity index (χ3n) is 3.47. The van der Waals surface area contributed by atoms with Crippen LogP contribution in [-0.2, 0) is 16.0 Å². The lowest BCUT2D eigenvalue weighted by Crippen LogP contribution is -2.23. The van der Waals surface area contributed by atoms with E-state index in [9.17, 15) is 25.1 Å². The number of ether oxygens (including phenoxy) is 1. The minimum atomic E-state index is -0.950. The Kier molecular flexibility index (Phi) is 5.67. The highest BCUT2D eigenvalue weighted by Gasteiger charge is 2.21. The smallest absolute Gasteiger partial charge is 0.330 e. The molecule has 0 unspecified atom stereocenters. The molecule has 8 heteroatoms. The average Bonchev–Trinajstić information content (AvgIpc) is 2.60. The van der Waals surface area contributed by atoms with Crippen LogP contribution < -0.4 is 0 Å². The number of phenols is 2. The molecule has 0 heterocycles. The van der Waals surface area contributed by atoms with Crippen molar-refractivity contribution in [3.8, 4) is 11.5 Å². The summed E-state index contributed by atoms with van der Waals surface area (Å²) in [6.45, 7) is 0. The number of aromatic hydroxyl groups is 2. The third kappa shape index (κ3) is 4.54. The number of rotatable bonds is 6. The summed E-state index contributed by atoms with van der Waals surface area (Å²) in [7, 11) is 1.21. The van der Waals surface area contributed by atoms with Gasteiger partial charge in [-0.3, -0.25) is 15.1 Å². The van der Waals surface area contributed by atoms with Crippen molar-refractivity contribution in [1.82, 2.24) is 0 Å². The molecule has 2 aromatic rings. The maximum Gasteiger partial charge on any atom is 0.330 e. The van der Waals surface area contributed by atoms with Gasteiger partial charge in [0.2, 0.25) is 0 Å². The summed E-state index contributed by atoms with van der Waals surface area (Å²) in [4.78, 5) is 26.2. The summed E-state index contributed by atoms with van der Waals surface area (Å²) in [6, 6.07) is 9.35. The highest BCUT2D eigenvalue weighted by Crippen LogP contribution is 2.27. The van der Waals surface area contributed by atoms with Gasteiger partial charge in [0, 0.05) is 24.3 Å². The Bertz CT molecular complexity index is 819. The van der Waals surface area contributed by atoms with Gasteiger partial charge in [0.25, 0.3) is 0 Å². The molecule has 2 N–H and O–H groups in total. The maximum absolute atomic E-state index is 11.9. The molecular formula is C17H16N2O6. The number of carbonyl (C=O) groups is 1. The summed E-state index contributed by atoms with van der Waals surface area (Å²) >= 11 is 0. The summed E-state index contributed by atoms with van der Waals surface area (Å²) in [5, 5.41) is 30.1. The zero-order valence-electron chi connectivity index (χ0n) is 13.3. The number of carbonyl (C=O) groups excluding carboxylic acids is 1. The first-order valence-electron chi connectivity index (χ1n) is 7.27. The monoisotopic (exact) mass is 344 g/mol. The highest BCUT2D eigenvalue weighted by atomic mass is 16.6. The summed E-state index contributed by atoms with van der Waals surface area (Å²) in [5.74, 6) is -1.07. The van der Waals surface area contributed by atoms with E-state index in [4.69, 9.17) is 4.74 Å². The molecule has 0 radical (unpaired) electrons. The van der Waals surface area contributed by atoms with Crippen molar-refractivity contribution < 1.29 is 24.7 Å². The van der Waals surface area contributed by atoms with Gasteiger partial charge in [0.15, 0.2) is 11.8 Å². The van der Waals surface area contributed by atoms with Gasteiger partial charge < -0.3 is 14.9 Å². The number of nitrogens with zero attached hydrogens (tertiary/aromatic N) is 2. The van der Waals surface area contributed by atoms with Crippen molar-refractivity contribution in [2.24, 2.45) is 4.99 Å². The zero-order valence-corrected chi connectivity index (χ0v) is 13.3. The van der Waals surface area contributed by atoms with Crippen molar-refractivity contribution in [3.63, 3.8) is 0 Å². The third-order valence-corrected chi connectivity index (χ3v) is 3.47. The standard InChI is InChI=1S/C17H16N2O6/c1-25-17(22)13(18-10-12-4-2-3-5-15(12)20)8-11-6-7-16(21)14(9-11)19(23)24/h2-7,9-10,13,20-21H,8H2,1H3/t13-/m0/s1. The van der Waals surface area contributed by atoms with Crippen LogP contribution in [0.15, 0.2) is 47.5 Å². The number of nitro groups is 1. The van der Waals surface area contributed by atoms with Crippen LogP contribution in [-0.4, -0.2) is 40.5 Å². The van der Waals surface area contributed by atoms with Gasteiger partial charge in [-0.05, 0) is 23.8 Å². The van der Waals surface area contributed by atoms with Crippen LogP contribution in [0.4, 0.5) is 5.69 Å². The minimum absolute atomic E-state index is 0.00939. The molecule has 1 atom stereocenters. The van der Waals surface area contributed by atoms with Gasteiger partial charge in [0.1, 0.15) is 5.75 Å². The lowest BCUT2D eigenvalue weighted by atomic mass is 10.1. The normalized spacial score (nSPS) is 12.0. The quantitative estimate of drug-likeness (QED) is 0.358. The van der Waals surface area contributed by atoms with Gasteiger partial charge in [-0.25, -0.2) is 4.79 Å². The molecule has 2 aromatic carbocycles. The van der Waals surface area contributed by atoms with E-state index in [1.165, 1.54) is 37.6 Å². The lowest BCUT2D eigenvalue weighted by Gasteiger charge is -2.10. The number of aliphatic imine (C=N–C) groups is 1. The Balaban J connectivity index is 2.27. The summed E-state index contributed by atoms with van der Waals surface area (Å²) in [6.07, 6.45) is 1.38. The van der Waals surface area contributed by atoms with E-state index in [1.54, 1.807) is 18.2 Å². The van der Waals surface area contributed by atoms with Crippen LogP contribution in [0.1, 0.15) is 11.1 Å². The number of benzene rings is 2. The van der Waals surface area contributed by atoms with Crippen molar-refractivity contribution >= 4 is 17.9 Å². The molecular weight excluding hydrogens is 328 g/mol.